The van der Waals surface area contributed by atoms with Crippen LogP contribution in [0.15, 0.2) is 34.0 Å². The number of phenolic OH excluding ortho intramolecular Hbond substituents is 1. The number of nitrogens with zero attached hydrogens (tertiary/aromatic N) is 7. The number of nitrogens with two attached hydrogens (primary N) is 1. The third kappa shape index (κ3) is 4.43. The predicted molar refractivity (Wildman–Crippen MR) is 108 cm³/mol. The van der Waals surface area contributed by atoms with Gasteiger partial charge < -0.3 is 10.8 Å². The number of anilines is 1. The van der Waals surface area contributed by atoms with Gasteiger partial charge in [0.15, 0.2) is 5.69 Å². The molecule has 0 spiro atoms. The summed E-state index contributed by atoms with van der Waals surface area (Å²) < 4.78 is 5.99. The van der Waals surface area contributed by atoms with E-state index in [1.54, 1.807) is 31.2 Å². The highest BCUT2D eigenvalue weighted by Gasteiger charge is 2.25. The number of nitrogen functional groups attached to an aromatic ring is 1. The number of hydrazone groups is 1. The van der Waals surface area contributed by atoms with Gasteiger partial charge in [-0.05, 0) is 60.2 Å². The fraction of sp³-hybridized carbons (Fsp3) is 0.333. The van der Waals surface area contributed by atoms with E-state index >= 15 is 0 Å². The highest BCUT2D eigenvalue weighted by Crippen LogP contribution is 2.17. The molecule has 1 amide bonds. The molecule has 0 fully saturated rings. The van der Waals surface area contributed by atoms with E-state index in [2.05, 4.69) is 40.7 Å². The van der Waals surface area contributed by atoms with Crippen LogP contribution in [-0.4, -0.2) is 60.0 Å². The predicted octanol–water partition coefficient (Wildman–Crippen LogP) is 0.934. The minimum Gasteiger partial charge on any atom is -0.508 e. The summed E-state index contributed by atoms with van der Waals surface area (Å²) in [4.78, 5) is 14.9. The van der Waals surface area contributed by atoms with Crippen LogP contribution >= 0.6 is 0 Å². The molecule has 0 bridgehead atoms. The van der Waals surface area contributed by atoms with E-state index in [1.165, 1.54) is 4.68 Å². The molecule has 158 valence electrons. The number of amides is 1. The maximum atomic E-state index is 12.8. The van der Waals surface area contributed by atoms with Crippen molar-refractivity contribution in [1.29, 1.82) is 0 Å². The molecular weight excluding hydrogens is 390 g/mol. The fourth-order valence-corrected chi connectivity index (χ4v) is 2.74. The minimum atomic E-state index is -0.531. The van der Waals surface area contributed by atoms with Crippen molar-refractivity contribution in [2.75, 3.05) is 18.8 Å². The van der Waals surface area contributed by atoms with E-state index in [1.807, 2.05) is 13.8 Å². The standard InChI is InChI=1S/C18H23N9O3/c1-4-26(5-2)10-14-15(21-25-27(14)17-16(19)23-30-24-17)18(29)22-20-11(3)12-6-8-13(28)9-7-12/h6-9,28H,4-5,10H2,1-3H3,(H2,19,23)(H,22,29)/b20-11-. The first-order valence-corrected chi connectivity index (χ1v) is 9.33. The maximum absolute atomic E-state index is 12.8. The lowest BCUT2D eigenvalue weighted by Crippen LogP contribution is -2.27. The van der Waals surface area contributed by atoms with Crippen LogP contribution in [0.2, 0.25) is 0 Å². The Labute approximate surface area is 172 Å². The number of carbonyl (C=O) groups is 1. The van der Waals surface area contributed by atoms with Crippen LogP contribution in [0.1, 0.15) is 42.5 Å². The number of phenols is 1. The molecule has 12 heteroatoms. The van der Waals surface area contributed by atoms with Crippen LogP contribution in [0.4, 0.5) is 5.82 Å². The van der Waals surface area contributed by atoms with Gasteiger partial charge in [0.05, 0.1) is 11.4 Å². The lowest BCUT2D eigenvalue weighted by atomic mass is 10.1. The number of hydrogen-bond donors (Lipinski definition) is 3. The zero-order valence-corrected chi connectivity index (χ0v) is 16.9. The molecule has 4 N–H and O–H groups in total. The van der Waals surface area contributed by atoms with Crippen molar-refractivity contribution in [3.05, 3.63) is 41.2 Å². The van der Waals surface area contributed by atoms with Gasteiger partial charge in [0.2, 0.25) is 11.6 Å². The Balaban J connectivity index is 1.89. The van der Waals surface area contributed by atoms with Gasteiger partial charge in [-0.25, -0.2) is 10.1 Å². The first-order chi connectivity index (χ1) is 14.4. The molecule has 1 aromatic carbocycles. The largest absolute Gasteiger partial charge is 0.508 e. The van der Waals surface area contributed by atoms with E-state index in [0.29, 0.717) is 18.0 Å². The van der Waals surface area contributed by atoms with E-state index in [0.717, 1.165) is 18.7 Å². The summed E-state index contributed by atoms with van der Waals surface area (Å²) in [6.45, 7) is 7.65. The molecule has 0 aliphatic carbocycles. The Kier molecular flexibility index (Phi) is 6.37. The van der Waals surface area contributed by atoms with E-state index < -0.39 is 5.91 Å². The van der Waals surface area contributed by atoms with Crippen molar-refractivity contribution in [3.8, 4) is 11.6 Å². The lowest BCUT2D eigenvalue weighted by Gasteiger charge is -2.18. The van der Waals surface area contributed by atoms with E-state index in [4.69, 9.17) is 5.73 Å². The zero-order valence-electron chi connectivity index (χ0n) is 16.9. The zero-order chi connectivity index (χ0) is 21.7. The quantitative estimate of drug-likeness (QED) is 0.360. The summed E-state index contributed by atoms with van der Waals surface area (Å²) >= 11 is 0. The Bertz CT molecular complexity index is 1040. The molecule has 0 saturated carbocycles. The molecule has 0 atom stereocenters. The molecule has 0 aliphatic rings. The highest BCUT2D eigenvalue weighted by atomic mass is 16.6. The number of nitrogens with one attached hydrogen (secondary N) is 1. The average molecular weight is 413 g/mol. The van der Waals surface area contributed by atoms with Crippen molar-refractivity contribution >= 4 is 17.4 Å². The minimum absolute atomic E-state index is 0.0360. The summed E-state index contributed by atoms with van der Waals surface area (Å²) in [5, 5.41) is 28.8. The Hall–Kier alpha value is -3.80. The number of carbonyl (C=O) groups excluding carboxylic acids is 1. The molecule has 0 unspecified atom stereocenters. The summed E-state index contributed by atoms with van der Waals surface area (Å²) in [5.41, 5.74) is 10.2. The topological polar surface area (TPSA) is 161 Å². The molecule has 3 aromatic rings. The highest BCUT2D eigenvalue weighted by molar-refractivity contribution is 6.00. The molecule has 0 saturated heterocycles. The number of benzene rings is 1. The van der Waals surface area contributed by atoms with Gasteiger partial charge in [0.25, 0.3) is 5.91 Å². The second-order valence-electron chi connectivity index (χ2n) is 6.42. The second kappa shape index (κ2) is 9.13. The Morgan fingerprint density at radius 3 is 2.57 bits per heavy atom. The van der Waals surface area contributed by atoms with Gasteiger partial charge in [0, 0.05) is 6.54 Å². The first-order valence-electron chi connectivity index (χ1n) is 9.33. The monoisotopic (exact) mass is 413 g/mol. The van der Waals surface area contributed by atoms with Gasteiger partial charge >= 0.3 is 0 Å². The Morgan fingerprint density at radius 2 is 1.97 bits per heavy atom. The van der Waals surface area contributed by atoms with E-state index in [-0.39, 0.29) is 23.1 Å². The molecule has 3 rings (SSSR count). The van der Waals surface area contributed by atoms with Gasteiger partial charge in [-0.2, -0.15) is 9.78 Å². The van der Waals surface area contributed by atoms with Crippen LogP contribution in [0.25, 0.3) is 5.82 Å². The SMILES string of the molecule is CCN(CC)Cc1c(C(=O)N/N=C(/C)c2ccc(O)cc2)nnn1-c1nonc1N. The first kappa shape index (κ1) is 20.9. The number of aromatic nitrogens is 5. The van der Waals surface area contributed by atoms with Gasteiger partial charge in [0.1, 0.15) is 5.75 Å². The Morgan fingerprint density at radius 1 is 1.27 bits per heavy atom. The summed E-state index contributed by atoms with van der Waals surface area (Å²) in [6.07, 6.45) is 0. The second-order valence-corrected chi connectivity index (χ2v) is 6.42. The smallest absolute Gasteiger partial charge is 0.293 e. The van der Waals surface area contributed by atoms with Gasteiger partial charge in [-0.1, -0.05) is 19.1 Å². The van der Waals surface area contributed by atoms with Crippen molar-refractivity contribution in [3.63, 3.8) is 0 Å². The van der Waals surface area contributed by atoms with Crippen LogP contribution < -0.4 is 11.2 Å². The normalized spacial score (nSPS) is 11.8. The maximum Gasteiger partial charge on any atom is 0.293 e. The van der Waals surface area contributed by atoms with Crippen molar-refractivity contribution in [2.24, 2.45) is 5.10 Å². The summed E-state index contributed by atoms with van der Waals surface area (Å²) in [5.74, 6) is -0.187. The van der Waals surface area contributed by atoms with Crippen LogP contribution in [-0.2, 0) is 6.54 Å². The number of hydrogen-bond acceptors (Lipinski definition) is 10. The summed E-state index contributed by atoms with van der Waals surface area (Å²) in [6, 6.07) is 6.48. The number of aromatic hydroxyl groups is 1. The van der Waals surface area contributed by atoms with Gasteiger partial charge in [-0.3, -0.25) is 9.69 Å². The third-order valence-electron chi connectivity index (χ3n) is 4.55. The van der Waals surface area contributed by atoms with Crippen LogP contribution in [0.5, 0.6) is 5.75 Å². The third-order valence-corrected chi connectivity index (χ3v) is 4.55. The van der Waals surface area contributed by atoms with Crippen molar-refractivity contribution in [2.45, 2.75) is 27.3 Å². The molecule has 0 aliphatic heterocycles. The van der Waals surface area contributed by atoms with Crippen LogP contribution in [0, 0.1) is 0 Å². The van der Waals surface area contributed by atoms with Gasteiger partial charge in [-0.15, -0.1) is 5.10 Å². The molecule has 2 heterocycles. The molecule has 12 nitrogen and oxygen atoms in total. The van der Waals surface area contributed by atoms with Crippen LogP contribution in [0.3, 0.4) is 0 Å². The fourth-order valence-electron chi connectivity index (χ4n) is 2.74. The van der Waals surface area contributed by atoms with Crippen molar-refractivity contribution in [1.82, 2.24) is 35.6 Å². The number of rotatable bonds is 8. The molecule has 2 aromatic heterocycles. The summed E-state index contributed by atoms with van der Waals surface area (Å²) in [7, 11) is 0. The molecule has 30 heavy (non-hydrogen) atoms. The molecule has 0 radical (unpaired) electrons. The lowest BCUT2D eigenvalue weighted by molar-refractivity contribution is 0.0947. The average Bonchev–Trinajstić information content (AvgIpc) is 3.35. The van der Waals surface area contributed by atoms with E-state index in [9.17, 15) is 9.90 Å². The van der Waals surface area contributed by atoms with Crippen molar-refractivity contribution < 1.29 is 14.5 Å². The molecular formula is C18H23N9O3.